The molecule has 2 saturated heterocycles. The second-order valence-corrected chi connectivity index (χ2v) is 5.36. The van der Waals surface area contributed by atoms with Gasteiger partial charge in [-0.15, -0.1) is 0 Å². The summed E-state index contributed by atoms with van der Waals surface area (Å²) < 4.78 is 11.4. The zero-order valence-electron chi connectivity index (χ0n) is 11.2. The third-order valence-corrected chi connectivity index (χ3v) is 4.14. The van der Waals surface area contributed by atoms with Gasteiger partial charge >= 0.3 is 5.97 Å². The van der Waals surface area contributed by atoms with Gasteiger partial charge in [-0.3, -0.25) is 0 Å². The lowest BCUT2D eigenvalue weighted by Gasteiger charge is -2.26. The van der Waals surface area contributed by atoms with E-state index in [4.69, 9.17) is 14.6 Å². The predicted octanol–water partition coefficient (Wildman–Crippen LogP) is 1.21. The molecule has 1 unspecified atom stereocenters. The van der Waals surface area contributed by atoms with Crippen molar-refractivity contribution >= 4 is 5.97 Å². The highest BCUT2D eigenvalue weighted by atomic mass is 16.5. The molecule has 0 amide bonds. The summed E-state index contributed by atoms with van der Waals surface area (Å²) in [4.78, 5) is 10.4. The fourth-order valence-electron chi connectivity index (χ4n) is 3.19. The Kier molecular flexibility index (Phi) is 4.96. The minimum absolute atomic E-state index is 0.181. The molecular formula is C14H22O5. The Labute approximate surface area is 113 Å². The maximum absolute atomic E-state index is 10.4. The van der Waals surface area contributed by atoms with Gasteiger partial charge in [0, 0.05) is 25.2 Å². The molecule has 0 aromatic heterocycles. The molecule has 2 rings (SSSR count). The minimum Gasteiger partial charge on any atom is -0.478 e. The average Bonchev–Trinajstić information content (AvgIpc) is 2.96. The van der Waals surface area contributed by atoms with Gasteiger partial charge in [0.2, 0.25) is 0 Å². The molecule has 0 aromatic carbocycles. The normalized spacial score (nSPS) is 35.1. The lowest BCUT2D eigenvalue weighted by atomic mass is 9.78. The van der Waals surface area contributed by atoms with E-state index in [1.54, 1.807) is 0 Å². The largest absolute Gasteiger partial charge is 0.478 e. The van der Waals surface area contributed by atoms with Crippen LogP contribution in [0.5, 0.6) is 0 Å². The van der Waals surface area contributed by atoms with E-state index in [1.807, 2.05) is 6.92 Å². The van der Waals surface area contributed by atoms with Gasteiger partial charge in [-0.1, -0.05) is 0 Å². The fourth-order valence-corrected chi connectivity index (χ4v) is 3.19. The summed E-state index contributed by atoms with van der Waals surface area (Å²) in [6.07, 6.45) is 5.93. The lowest BCUT2D eigenvalue weighted by Crippen LogP contribution is -2.31. The van der Waals surface area contributed by atoms with Crippen LogP contribution in [0.15, 0.2) is 12.2 Å². The Bertz CT molecular complexity index is 341. The summed E-state index contributed by atoms with van der Waals surface area (Å²) in [6, 6.07) is 0. The number of carboxylic acids is 1. The van der Waals surface area contributed by atoms with Gasteiger partial charge < -0.3 is 19.7 Å². The maximum atomic E-state index is 10.4. The SMILES string of the molecule is C[C@H](/C=C/C(=O)O)OCC[C@@H]1[C@@H]2CCC(O2)[C@@H]1CO. The van der Waals surface area contributed by atoms with Crippen LogP contribution in [-0.4, -0.2) is 47.7 Å². The summed E-state index contributed by atoms with van der Waals surface area (Å²) in [6.45, 7) is 2.57. The highest BCUT2D eigenvalue weighted by molar-refractivity contribution is 5.79. The molecule has 5 nitrogen and oxygen atoms in total. The quantitative estimate of drug-likeness (QED) is 0.680. The van der Waals surface area contributed by atoms with Crippen molar-refractivity contribution < 1.29 is 24.5 Å². The van der Waals surface area contributed by atoms with E-state index in [-0.39, 0.29) is 30.8 Å². The average molecular weight is 270 g/mol. The molecule has 19 heavy (non-hydrogen) atoms. The van der Waals surface area contributed by atoms with Gasteiger partial charge in [-0.05, 0) is 38.2 Å². The van der Waals surface area contributed by atoms with E-state index in [0.717, 1.165) is 25.3 Å². The van der Waals surface area contributed by atoms with Crippen LogP contribution in [0.1, 0.15) is 26.2 Å². The molecule has 0 spiro atoms. The molecule has 2 fully saturated rings. The van der Waals surface area contributed by atoms with E-state index in [9.17, 15) is 9.90 Å². The van der Waals surface area contributed by atoms with Gasteiger partial charge in [0.1, 0.15) is 0 Å². The first-order valence-corrected chi connectivity index (χ1v) is 6.91. The number of hydrogen-bond acceptors (Lipinski definition) is 4. The second-order valence-electron chi connectivity index (χ2n) is 5.36. The molecule has 2 N–H and O–H groups in total. The van der Waals surface area contributed by atoms with E-state index >= 15 is 0 Å². The highest BCUT2D eigenvalue weighted by Crippen LogP contribution is 2.44. The van der Waals surface area contributed by atoms with Crippen LogP contribution in [0.2, 0.25) is 0 Å². The number of aliphatic hydroxyl groups excluding tert-OH is 1. The lowest BCUT2D eigenvalue weighted by molar-refractivity contribution is -0.131. The topological polar surface area (TPSA) is 76.0 Å². The fraction of sp³-hybridized carbons (Fsp3) is 0.786. The third kappa shape index (κ3) is 3.55. The monoisotopic (exact) mass is 270 g/mol. The van der Waals surface area contributed by atoms with E-state index in [0.29, 0.717) is 12.5 Å². The Morgan fingerprint density at radius 1 is 1.42 bits per heavy atom. The first kappa shape index (κ1) is 14.5. The molecule has 2 bridgehead atoms. The predicted molar refractivity (Wildman–Crippen MR) is 68.8 cm³/mol. The van der Waals surface area contributed by atoms with E-state index in [2.05, 4.69) is 0 Å². The number of aliphatic hydroxyl groups is 1. The molecule has 108 valence electrons. The summed E-state index contributed by atoms with van der Waals surface area (Å²) in [5.74, 6) is -0.344. The molecule has 5 atom stereocenters. The van der Waals surface area contributed by atoms with Crippen molar-refractivity contribution in [3.8, 4) is 0 Å². The van der Waals surface area contributed by atoms with Crippen LogP contribution in [0.3, 0.4) is 0 Å². The standard InChI is InChI=1S/C14H22O5/c1-9(2-5-14(16)17)18-7-6-10-11(8-15)13-4-3-12(10)19-13/h2,5,9-13,15H,3-4,6-8H2,1H3,(H,16,17)/b5-2+/t9-,10+,11-,12+,13?/m1/s1. The Balaban J connectivity index is 1.72. The van der Waals surface area contributed by atoms with Crippen molar-refractivity contribution in [3.05, 3.63) is 12.2 Å². The first-order valence-electron chi connectivity index (χ1n) is 6.91. The number of carboxylic acid groups (broad SMARTS) is 1. The van der Waals surface area contributed by atoms with Crippen LogP contribution in [0, 0.1) is 11.8 Å². The van der Waals surface area contributed by atoms with Crippen molar-refractivity contribution in [2.24, 2.45) is 11.8 Å². The minimum atomic E-state index is -0.961. The summed E-state index contributed by atoms with van der Waals surface area (Å²) in [5.41, 5.74) is 0. The van der Waals surface area contributed by atoms with E-state index < -0.39 is 5.97 Å². The van der Waals surface area contributed by atoms with Gasteiger partial charge in [0.25, 0.3) is 0 Å². The number of hydrogen-bond donors (Lipinski definition) is 2. The summed E-state index contributed by atoms with van der Waals surface area (Å²) >= 11 is 0. The molecule has 5 heteroatoms. The van der Waals surface area contributed by atoms with Gasteiger partial charge in [0.05, 0.1) is 18.3 Å². The zero-order chi connectivity index (χ0) is 13.8. The molecule has 0 radical (unpaired) electrons. The third-order valence-electron chi connectivity index (χ3n) is 4.14. The van der Waals surface area contributed by atoms with Crippen molar-refractivity contribution in [3.63, 3.8) is 0 Å². The van der Waals surface area contributed by atoms with Crippen molar-refractivity contribution in [1.82, 2.24) is 0 Å². The Hall–Kier alpha value is -0.910. The zero-order valence-corrected chi connectivity index (χ0v) is 11.2. The van der Waals surface area contributed by atoms with Crippen molar-refractivity contribution in [1.29, 1.82) is 0 Å². The Morgan fingerprint density at radius 2 is 2.11 bits per heavy atom. The number of carbonyl (C=O) groups is 1. The molecule has 2 aliphatic heterocycles. The Morgan fingerprint density at radius 3 is 2.74 bits per heavy atom. The molecular weight excluding hydrogens is 248 g/mol. The number of fused-ring (bicyclic) bond motifs is 2. The summed E-state index contributed by atoms with van der Waals surface area (Å²) in [5, 5.41) is 17.9. The first-order chi connectivity index (χ1) is 9.11. The molecule has 0 aliphatic carbocycles. The van der Waals surface area contributed by atoms with Gasteiger partial charge in [-0.25, -0.2) is 4.79 Å². The van der Waals surface area contributed by atoms with Crippen molar-refractivity contribution in [2.75, 3.05) is 13.2 Å². The maximum Gasteiger partial charge on any atom is 0.328 e. The molecule has 0 aromatic rings. The second kappa shape index (κ2) is 6.50. The van der Waals surface area contributed by atoms with Crippen LogP contribution in [0.4, 0.5) is 0 Å². The van der Waals surface area contributed by atoms with Crippen LogP contribution in [-0.2, 0) is 14.3 Å². The molecule has 0 saturated carbocycles. The number of rotatable bonds is 7. The van der Waals surface area contributed by atoms with Crippen LogP contribution < -0.4 is 0 Å². The molecule has 2 heterocycles. The smallest absolute Gasteiger partial charge is 0.328 e. The number of aliphatic carboxylic acids is 1. The highest BCUT2D eigenvalue weighted by Gasteiger charge is 2.47. The summed E-state index contributed by atoms with van der Waals surface area (Å²) in [7, 11) is 0. The van der Waals surface area contributed by atoms with Crippen LogP contribution in [0.25, 0.3) is 0 Å². The van der Waals surface area contributed by atoms with Gasteiger partial charge in [0.15, 0.2) is 0 Å². The van der Waals surface area contributed by atoms with Gasteiger partial charge in [-0.2, -0.15) is 0 Å². The molecule has 2 aliphatic rings. The number of ether oxygens (including phenoxy) is 2. The van der Waals surface area contributed by atoms with E-state index in [1.165, 1.54) is 6.08 Å². The van der Waals surface area contributed by atoms with Crippen molar-refractivity contribution in [2.45, 2.75) is 44.5 Å². The van der Waals surface area contributed by atoms with Crippen LogP contribution >= 0.6 is 0 Å².